The number of benzene rings is 2. The molecule has 1 aliphatic rings. The molecule has 0 spiro atoms. The minimum Gasteiger partial charge on any atom is -0.371 e. The Morgan fingerprint density at radius 2 is 1.81 bits per heavy atom. The second kappa shape index (κ2) is 9.32. The van der Waals surface area contributed by atoms with E-state index in [9.17, 15) is 4.79 Å². The summed E-state index contributed by atoms with van der Waals surface area (Å²) >= 11 is 1.60. The van der Waals surface area contributed by atoms with Crippen LogP contribution >= 0.6 is 11.3 Å². The van der Waals surface area contributed by atoms with E-state index < -0.39 is 0 Å². The number of carbonyl (C=O) groups is 1. The van der Waals surface area contributed by atoms with Crippen LogP contribution in [0.2, 0.25) is 0 Å². The van der Waals surface area contributed by atoms with Crippen molar-refractivity contribution in [2.45, 2.75) is 39.2 Å². The van der Waals surface area contributed by atoms with E-state index in [4.69, 9.17) is 5.26 Å². The Bertz CT molecular complexity index is 1090. The van der Waals surface area contributed by atoms with Crippen LogP contribution in [0.4, 0.5) is 5.69 Å². The van der Waals surface area contributed by atoms with Crippen LogP contribution in [0.5, 0.6) is 0 Å². The summed E-state index contributed by atoms with van der Waals surface area (Å²) < 4.78 is 0. The number of aromatic nitrogens is 1. The van der Waals surface area contributed by atoms with Crippen LogP contribution in [0, 0.1) is 25.2 Å². The molecule has 1 amide bonds. The van der Waals surface area contributed by atoms with Gasteiger partial charge in [-0.15, -0.1) is 11.3 Å². The van der Waals surface area contributed by atoms with Crippen molar-refractivity contribution < 1.29 is 4.79 Å². The van der Waals surface area contributed by atoms with Gasteiger partial charge in [0.15, 0.2) is 0 Å². The Balaban J connectivity index is 1.34. The second-order valence-corrected chi connectivity index (χ2v) is 9.32. The number of amides is 1. The molecule has 0 unspecified atom stereocenters. The zero-order chi connectivity index (χ0) is 21.8. The average molecular weight is 431 g/mol. The van der Waals surface area contributed by atoms with E-state index in [1.165, 1.54) is 5.56 Å². The molecule has 1 saturated heterocycles. The first kappa shape index (κ1) is 21.1. The molecular formula is C25H26N4OS. The van der Waals surface area contributed by atoms with Gasteiger partial charge in [-0.2, -0.15) is 5.26 Å². The number of rotatable bonds is 5. The summed E-state index contributed by atoms with van der Waals surface area (Å²) in [5.41, 5.74) is 5.00. The number of aryl methyl sites for hydroxylation is 2. The first-order valence-electron chi connectivity index (χ1n) is 10.6. The minimum absolute atomic E-state index is 0.0637. The maximum atomic E-state index is 12.8. The third-order valence-corrected chi connectivity index (χ3v) is 6.64. The van der Waals surface area contributed by atoms with Gasteiger partial charge in [-0.3, -0.25) is 4.79 Å². The first-order valence-corrected chi connectivity index (χ1v) is 11.4. The molecule has 0 radical (unpaired) electrons. The van der Waals surface area contributed by atoms with Crippen LogP contribution in [0.25, 0.3) is 11.3 Å². The van der Waals surface area contributed by atoms with Crippen molar-refractivity contribution in [3.05, 3.63) is 69.5 Å². The molecule has 1 N–H and O–H groups in total. The molecule has 0 atom stereocenters. The number of hydrogen-bond donors (Lipinski definition) is 1. The van der Waals surface area contributed by atoms with Crippen LogP contribution in [-0.4, -0.2) is 30.0 Å². The van der Waals surface area contributed by atoms with Crippen molar-refractivity contribution >= 4 is 22.9 Å². The standard InChI is InChI=1S/C25H26N4OS/c1-17-3-7-20(8-4-17)25-23(31-18(2)27-25)15-24(30)28-21-11-13-29(14-12-21)22-9-5-19(16-26)6-10-22/h3-10,21H,11-15H2,1-2H3,(H,28,30). The van der Waals surface area contributed by atoms with Crippen LogP contribution in [-0.2, 0) is 11.2 Å². The Morgan fingerprint density at radius 1 is 1.13 bits per heavy atom. The summed E-state index contributed by atoms with van der Waals surface area (Å²) in [6.45, 7) is 5.84. The predicted octanol–water partition coefficient (Wildman–Crippen LogP) is 4.63. The van der Waals surface area contributed by atoms with Crippen molar-refractivity contribution in [3.63, 3.8) is 0 Å². The zero-order valence-corrected chi connectivity index (χ0v) is 18.7. The van der Waals surface area contributed by atoms with Gasteiger partial charge in [-0.1, -0.05) is 29.8 Å². The number of anilines is 1. The molecule has 2 heterocycles. The van der Waals surface area contributed by atoms with Crippen LogP contribution < -0.4 is 10.2 Å². The smallest absolute Gasteiger partial charge is 0.225 e. The Morgan fingerprint density at radius 3 is 2.45 bits per heavy atom. The van der Waals surface area contributed by atoms with Crippen molar-refractivity contribution in [1.29, 1.82) is 5.26 Å². The molecular weight excluding hydrogens is 404 g/mol. The number of nitrogens with zero attached hydrogens (tertiary/aromatic N) is 3. The van der Waals surface area contributed by atoms with Crippen LogP contribution in [0.1, 0.15) is 33.9 Å². The molecule has 0 saturated carbocycles. The van der Waals surface area contributed by atoms with Gasteiger partial charge in [0.1, 0.15) is 0 Å². The number of piperidine rings is 1. The lowest BCUT2D eigenvalue weighted by atomic mass is 10.0. The minimum atomic E-state index is 0.0637. The van der Waals surface area contributed by atoms with Gasteiger partial charge in [-0.05, 0) is 51.0 Å². The van der Waals surface area contributed by atoms with Gasteiger partial charge in [-0.25, -0.2) is 4.98 Å². The lowest BCUT2D eigenvalue weighted by molar-refractivity contribution is -0.121. The number of hydrogen-bond acceptors (Lipinski definition) is 5. The molecule has 6 heteroatoms. The Kier molecular flexibility index (Phi) is 6.34. The average Bonchev–Trinajstić information content (AvgIpc) is 3.14. The number of nitriles is 1. The molecule has 5 nitrogen and oxygen atoms in total. The quantitative estimate of drug-likeness (QED) is 0.641. The summed E-state index contributed by atoms with van der Waals surface area (Å²) in [7, 11) is 0. The van der Waals surface area contributed by atoms with Gasteiger partial charge in [0, 0.05) is 35.3 Å². The van der Waals surface area contributed by atoms with Gasteiger partial charge < -0.3 is 10.2 Å². The van der Waals surface area contributed by atoms with Gasteiger partial charge in [0.05, 0.1) is 28.8 Å². The first-order chi connectivity index (χ1) is 15.0. The summed E-state index contributed by atoms with van der Waals surface area (Å²) in [5.74, 6) is 0.0637. The SMILES string of the molecule is Cc1ccc(-c2nc(C)sc2CC(=O)NC2CCN(c3ccc(C#N)cc3)CC2)cc1. The van der Waals surface area contributed by atoms with Crippen LogP contribution in [0.15, 0.2) is 48.5 Å². The third kappa shape index (κ3) is 5.12. The summed E-state index contributed by atoms with van der Waals surface area (Å²) in [6, 6.07) is 18.4. The molecule has 31 heavy (non-hydrogen) atoms. The predicted molar refractivity (Wildman–Crippen MR) is 125 cm³/mol. The van der Waals surface area contributed by atoms with Crippen molar-refractivity contribution in [2.24, 2.45) is 0 Å². The Labute approximate surface area is 187 Å². The van der Waals surface area contributed by atoms with Crippen molar-refractivity contribution in [2.75, 3.05) is 18.0 Å². The molecule has 3 aromatic rings. The number of carbonyl (C=O) groups excluding carboxylic acids is 1. The van der Waals surface area contributed by atoms with E-state index in [2.05, 4.69) is 52.5 Å². The molecule has 0 aliphatic carbocycles. The van der Waals surface area contributed by atoms with E-state index in [1.54, 1.807) is 11.3 Å². The molecule has 0 bridgehead atoms. The fourth-order valence-electron chi connectivity index (χ4n) is 3.98. The van der Waals surface area contributed by atoms with E-state index >= 15 is 0 Å². The maximum absolute atomic E-state index is 12.8. The van der Waals surface area contributed by atoms with Crippen molar-refractivity contribution in [3.8, 4) is 17.3 Å². The Hall–Kier alpha value is -3.17. The topological polar surface area (TPSA) is 69.0 Å². The highest BCUT2D eigenvalue weighted by Gasteiger charge is 2.22. The highest BCUT2D eigenvalue weighted by molar-refractivity contribution is 7.12. The third-order valence-electron chi connectivity index (χ3n) is 5.67. The van der Waals surface area contributed by atoms with E-state index in [0.717, 1.165) is 52.8 Å². The molecule has 1 aromatic heterocycles. The molecule has 4 rings (SSSR count). The fraction of sp³-hybridized carbons (Fsp3) is 0.320. The largest absolute Gasteiger partial charge is 0.371 e. The number of nitrogens with one attached hydrogen (secondary N) is 1. The second-order valence-electron chi connectivity index (χ2n) is 8.03. The van der Waals surface area contributed by atoms with Gasteiger partial charge in [0.25, 0.3) is 0 Å². The monoisotopic (exact) mass is 430 g/mol. The molecule has 2 aromatic carbocycles. The highest BCUT2D eigenvalue weighted by Crippen LogP contribution is 2.29. The normalized spacial score (nSPS) is 14.3. The van der Waals surface area contributed by atoms with Crippen LogP contribution in [0.3, 0.4) is 0 Å². The van der Waals surface area contributed by atoms with E-state index in [0.29, 0.717) is 12.0 Å². The lowest BCUT2D eigenvalue weighted by Crippen LogP contribution is -2.45. The fourth-order valence-corrected chi connectivity index (χ4v) is 4.94. The molecule has 158 valence electrons. The molecule has 1 aliphatic heterocycles. The zero-order valence-electron chi connectivity index (χ0n) is 17.9. The van der Waals surface area contributed by atoms with E-state index in [1.807, 2.05) is 31.2 Å². The van der Waals surface area contributed by atoms with Gasteiger partial charge >= 0.3 is 0 Å². The van der Waals surface area contributed by atoms with E-state index in [-0.39, 0.29) is 11.9 Å². The summed E-state index contributed by atoms with van der Waals surface area (Å²) in [6.07, 6.45) is 2.20. The lowest BCUT2D eigenvalue weighted by Gasteiger charge is -2.34. The maximum Gasteiger partial charge on any atom is 0.225 e. The summed E-state index contributed by atoms with van der Waals surface area (Å²) in [4.78, 5) is 20.8. The highest BCUT2D eigenvalue weighted by atomic mass is 32.1. The van der Waals surface area contributed by atoms with Gasteiger partial charge in [0.2, 0.25) is 5.91 Å². The van der Waals surface area contributed by atoms with Crippen molar-refractivity contribution in [1.82, 2.24) is 10.3 Å². The number of thiazole rings is 1. The summed E-state index contributed by atoms with van der Waals surface area (Å²) in [5, 5.41) is 13.2. The molecule has 1 fully saturated rings.